The fourth-order valence-electron chi connectivity index (χ4n) is 3.03. The van der Waals surface area contributed by atoms with E-state index < -0.39 is 0 Å². The molecule has 1 aliphatic heterocycles. The van der Waals surface area contributed by atoms with Crippen molar-refractivity contribution in [2.24, 2.45) is 0 Å². The number of nitrogens with zero attached hydrogens (tertiary/aromatic N) is 3. The molecule has 0 radical (unpaired) electrons. The Morgan fingerprint density at radius 1 is 1.17 bits per heavy atom. The van der Waals surface area contributed by atoms with Crippen LogP contribution in [0.25, 0.3) is 0 Å². The highest BCUT2D eigenvalue weighted by atomic mass is 35.5. The number of carbonyl (C=O) groups excluding carboxylic acids is 3. The van der Waals surface area contributed by atoms with E-state index in [1.54, 1.807) is 41.5 Å². The van der Waals surface area contributed by atoms with Crippen molar-refractivity contribution in [3.63, 3.8) is 0 Å². The summed E-state index contributed by atoms with van der Waals surface area (Å²) in [6.07, 6.45) is 0.172. The zero-order chi connectivity index (χ0) is 21.5. The fourth-order valence-corrected chi connectivity index (χ4v) is 3.86. The van der Waals surface area contributed by atoms with Gasteiger partial charge < -0.3 is 9.64 Å². The molecule has 160 valence electrons. The van der Waals surface area contributed by atoms with Crippen LogP contribution >= 0.6 is 22.9 Å². The number of hydrogen-bond donors (Lipinski definition) is 1. The summed E-state index contributed by atoms with van der Waals surface area (Å²) in [5, 5.41) is 5.51. The van der Waals surface area contributed by atoms with Gasteiger partial charge in [0.05, 0.1) is 25.3 Å². The van der Waals surface area contributed by atoms with Gasteiger partial charge in [0.15, 0.2) is 5.13 Å². The summed E-state index contributed by atoms with van der Waals surface area (Å²) < 4.78 is 4.96. The quantitative estimate of drug-likeness (QED) is 0.651. The highest BCUT2D eigenvalue weighted by Gasteiger charge is 2.23. The van der Waals surface area contributed by atoms with E-state index in [-0.39, 0.29) is 30.7 Å². The van der Waals surface area contributed by atoms with Crippen LogP contribution in [0.1, 0.15) is 23.0 Å². The van der Waals surface area contributed by atoms with Crippen LogP contribution in [-0.4, -0.2) is 71.9 Å². The van der Waals surface area contributed by atoms with Crippen molar-refractivity contribution in [3.8, 4) is 0 Å². The Labute approximate surface area is 183 Å². The molecule has 8 nitrogen and oxygen atoms in total. The molecular formula is C20H23ClN4O4S. The minimum absolute atomic E-state index is 0.0216. The molecular weight excluding hydrogens is 428 g/mol. The number of anilines is 1. The Morgan fingerprint density at radius 2 is 1.87 bits per heavy atom. The average molecular weight is 451 g/mol. The number of rotatable bonds is 7. The minimum Gasteiger partial charge on any atom is -0.465 e. The number of thiazole rings is 1. The molecule has 0 spiro atoms. The Bertz CT molecular complexity index is 894. The molecule has 3 rings (SSSR count). The first-order chi connectivity index (χ1) is 14.4. The molecule has 0 saturated carbocycles. The molecule has 0 bridgehead atoms. The topological polar surface area (TPSA) is 91.8 Å². The molecule has 1 aliphatic rings. The van der Waals surface area contributed by atoms with Crippen LogP contribution in [0.4, 0.5) is 5.13 Å². The van der Waals surface area contributed by atoms with Gasteiger partial charge in [0.25, 0.3) is 5.91 Å². The third-order valence-corrected chi connectivity index (χ3v) is 5.65. The highest BCUT2D eigenvalue weighted by Crippen LogP contribution is 2.18. The van der Waals surface area contributed by atoms with E-state index in [4.69, 9.17) is 16.3 Å². The van der Waals surface area contributed by atoms with Crippen molar-refractivity contribution >= 4 is 45.9 Å². The third-order valence-electron chi connectivity index (χ3n) is 4.59. The summed E-state index contributed by atoms with van der Waals surface area (Å²) >= 11 is 7.11. The minimum atomic E-state index is -0.281. The lowest BCUT2D eigenvalue weighted by atomic mass is 10.2. The lowest BCUT2D eigenvalue weighted by Gasteiger charge is -2.34. The smallest absolute Gasteiger partial charge is 0.320 e. The summed E-state index contributed by atoms with van der Waals surface area (Å²) in [5.41, 5.74) is 1.10. The molecule has 1 saturated heterocycles. The zero-order valence-corrected chi connectivity index (χ0v) is 18.2. The fraction of sp³-hybridized carbons (Fsp3) is 0.400. The normalized spacial score (nSPS) is 14.4. The highest BCUT2D eigenvalue weighted by molar-refractivity contribution is 7.14. The van der Waals surface area contributed by atoms with Crippen LogP contribution in [0.3, 0.4) is 0 Å². The van der Waals surface area contributed by atoms with Crippen molar-refractivity contribution < 1.29 is 19.1 Å². The van der Waals surface area contributed by atoms with E-state index in [9.17, 15) is 14.4 Å². The Balaban J connectivity index is 1.46. The second-order valence-electron chi connectivity index (χ2n) is 6.74. The number of aromatic nitrogens is 1. The van der Waals surface area contributed by atoms with E-state index in [1.807, 2.05) is 4.90 Å². The summed E-state index contributed by atoms with van der Waals surface area (Å²) in [6.45, 7) is 4.77. The van der Waals surface area contributed by atoms with E-state index in [2.05, 4.69) is 10.3 Å². The van der Waals surface area contributed by atoms with Crippen molar-refractivity contribution in [3.05, 3.63) is 45.9 Å². The molecule has 10 heteroatoms. The van der Waals surface area contributed by atoms with Crippen LogP contribution in [0, 0.1) is 0 Å². The number of benzene rings is 1. The Hall–Kier alpha value is -2.49. The zero-order valence-electron chi connectivity index (χ0n) is 16.6. The van der Waals surface area contributed by atoms with Gasteiger partial charge in [-0.25, -0.2) is 4.98 Å². The van der Waals surface area contributed by atoms with Crippen LogP contribution in [0.2, 0.25) is 5.02 Å². The number of ether oxygens (including phenoxy) is 1. The number of esters is 1. The maximum atomic E-state index is 12.6. The summed E-state index contributed by atoms with van der Waals surface area (Å²) in [7, 11) is 0. The molecule has 30 heavy (non-hydrogen) atoms. The number of amides is 2. The van der Waals surface area contributed by atoms with Gasteiger partial charge in [-0.2, -0.15) is 0 Å². The van der Waals surface area contributed by atoms with Crippen molar-refractivity contribution in [1.29, 1.82) is 0 Å². The molecule has 1 aromatic carbocycles. The van der Waals surface area contributed by atoms with Gasteiger partial charge in [0, 0.05) is 42.1 Å². The van der Waals surface area contributed by atoms with Crippen LogP contribution < -0.4 is 5.32 Å². The molecule has 0 unspecified atom stereocenters. The molecule has 1 aromatic heterocycles. The van der Waals surface area contributed by atoms with Crippen LogP contribution in [0.5, 0.6) is 0 Å². The van der Waals surface area contributed by atoms with Gasteiger partial charge in [-0.3, -0.25) is 24.6 Å². The van der Waals surface area contributed by atoms with Gasteiger partial charge in [-0.15, -0.1) is 11.3 Å². The lowest BCUT2D eigenvalue weighted by molar-refractivity contribution is -0.145. The summed E-state index contributed by atoms with van der Waals surface area (Å²) in [4.78, 5) is 44.5. The second-order valence-corrected chi connectivity index (χ2v) is 8.04. The molecule has 1 fully saturated rings. The van der Waals surface area contributed by atoms with E-state index in [0.29, 0.717) is 54.2 Å². The Morgan fingerprint density at radius 3 is 2.53 bits per heavy atom. The van der Waals surface area contributed by atoms with E-state index >= 15 is 0 Å². The first-order valence-corrected chi connectivity index (χ1v) is 10.9. The molecule has 0 atom stereocenters. The first kappa shape index (κ1) is 22.2. The largest absolute Gasteiger partial charge is 0.465 e. The summed E-state index contributed by atoms with van der Waals surface area (Å²) in [5.74, 6) is -0.545. The van der Waals surface area contributed by atoms with Gasteiger partial charge in [-0.05, 0) is 31.2 Å². The number of nitrogens with one attached hydrogen (secondary N) is 1. The number of piperazine rings is 1. The average Bonchev–Trinajstić information content (AvgIpc) is 3.15. The van der Waals surface area contributed by atoms with Gasteiger partial charge in [-0.1, -0.05) is 11.6 Å². The molecule has 2 aromatic rings. The molecule has 2 heterocycles. The number of carbonyl (C=O) groups is 3. The molecule has 1 N–H and O–H groups in total. The van der Waals surface area contributed by atoms with Gasteiger partial charge in [0.1, 0.15) is 0 Å². The number of halogens is 1. The molecule has 2 amide bonds. The van der Waals surface area contributed by atoms with Gasteiger partial charge >= 0.3 is 5.97 Å². The van der Waals surface area contributed by atoms with Crippen molar-refractivity contribution in [2.75, 3.05) is 44.6 Å². The monoisotopic (exact) mass is 450 g/mol. The maximum absolute atomic E-state index is 12.6. The third kappa shape index (κ3) is 6.25. The van der Waals surface area contributed by atoms with Crippen LogP contribution in [-0.2, 0) is 20.7 Å². The summed E-state index contributed by atoms with van der Waals surface area (Å²) in [6, 6.07) is 6.57. The van der Waals surface area contributed by atoms with Crippen LogP contribution in [0.15, 0.2) is 29.6 Å². The Kier molecular flexibility index (Phi) is 7.78. The van der Waals surface area contributed by atoms with E-state index in [0.717, 1.165) is 0 Å². The van der Waals surface area contributed by atoms with Crippen molar-refractivity contribution in [2.45, 2.75) is 13.3 Å². The van der Waals surface area contributed by atoms with E-state index in [1.165, 1.54) is 11.3 Å². The van der Waals surface area contributed by atoms with Gasteiger partial charge in [0.2, 0.25) is 5.91 Å². The maximum Gasteiger partial charge on any atom is 0.320 e. The molecule has 0 aliphatic carbocycles. The number of hydrogen-bond acceptors (Lipinski definition) is 7. The van der Waals surface area contributed by atoms with Crippen molar-refractivity contribution in [1.82, 2.24) is 14.8 Å². The second kappa shape index (κ2) is 10.5. The predicted octanol–water partition coefficient (Wildman–Crippen LogP) is 2.30. The standard InChI is InChI=1S/C20H23ClN4O4S/c1-2-29-18(27)12-24-7-9-25(10-8-24)17(26)11-16-13-30-20(22-16)23-19(28)14-3-5-15(21)6-4-14/h3-6,13H,2,7-12H2,1H3,(H,22,23,28). The first-order valence-electron chi connectivity index (χ1n) is 9.61. The SMILES string of the molecule is CCOC(=O)CN1CCN(C(=O)Cc2csc(NC(=O)c3ccc(Cl)cc3)n2)CC1. The predicted molar refractivity (Wildman–Crippen MR) is 115 cm³/mol. The lowest BCUT2D eigenvalue weighted by Crippen LogP contribution is -2.50.